The van der Waals surface area contributed by atoms with E-state index in [1.807, 2.05) is 24.3 Å². The van der Waals surface area contributed by atoms with Gasteiger partial charge in [0.05, 0.1) is 5.09 Å². The first kappa shape index (κ1) is 32.1. The molecular weight excluding hydrogens is 800 g/mol. The molecule has 4 rings (SSSR count). The van der Waals surface area contributed by atoms with Crippen molar-refractivity contribution >= 4 is 68.4 Å². The summed E-state index contributed by atoms with van der Waals surface area (Å²) in [6, 6.07) is 21.9. The van der Waals surface area contributed by atoms with Crippen LogP contribution in [0.25, 0.3) is 0 Å². The molecule has 0 fully saturated rings. The van der Waals surface area contributed by atoms with E-state index >= 15 is 0 Å². The molecule has 0 bridgehead atoms. The second-order valence-electron chi connectivity index (χ2n) is 6.62. The van der Waals surface area contributed by atoms with Gasteiger partial charge < -0.3 is 26.0 Å². The number of hydrogen-bond donors (Lipinski definition) is 2. The molecule has 0 saturated heterocycles. The monoisotopic (exact) mass is 817 g/mol. The third kappa shape index (κ3) is 13.3. The van der Waals surface area contributed by atoms with Crippen LogP contribution in [0.3, 0.4) is 0 Å². The molecule has 0 spiro atoms. The maximum absolute atomic E-state index is 11.8. The number of amides is 2. The Bertz CT molecular complexity index is 1170. The van der Waals surface area contributed by atoms with Crippen LogP contribution in [-0.4, -0.2) is 26.9 Å². The van der Waals surface area contributed by atoms with Crippen LogP contribution in [0.5, 0.6) is 0 Å². The van der Waals surface area contributed by atoms with Crippen molar-refractivity contribution in [2.45, 2.75) is 0 Å². The Morgan fingerprint density at radius 3 is 1.16 bits per heavy atom. The van der Waals surface area contributed by atoms with Crippen LogP contribution in [0.1, 0.15) is 20.7 Å². The van der Waals surface area contributed by atoms with Gasteiger partial charge in [-0.2, -0.15) is 0 Å². The number of benzene rings is 2. The molecule has 0 aliphatic heterocycles. The second-order valence-corrected chi connectivity index (χ2v) is 9.11. The minimum atomic E-state index is -1.75. The van der Waals surface area contributed by atoms with E-state index in [0.29, 0.717) is 11.1 Å². The molecule has 0 aliphatic carbocycles. The molecular formula is C24H18AgI2N5O5. The number of carbonyl (C=O) groups excluding carboxylic acids is 2. The van der Waals surface area contributed by atoms with E-state index in [1.165, 1.54) is 0 Å². The van der Waals surface area contributed by atoms with Gasteiger partial charge in [-0.05, 0) is 118 Å². The third-order valence-electron chi connectivity index (χ3n) is 4.09. The Balaban J connectivity index is 0.000000316. The molecule has 10 nitrogen and oxygen atoms in total. The average molecular weight is 818 g/mol. The molecule has 13 heteroatoms. The van der Waals surface area contributed by atoms with E-state index in [1.54, 1.807) is 73.3 Å². The van der Waals surface area contributed by atoms with Gasteiger partial charge in [0.25, 0.3) is 11.8 Å². The maximum atomic E-state index is 11.8. The number of nitrogens with one attached hydrogen (secondary N) is 2. The van der Waals surface area contributed by atoms with Gasteiger partial charge in [-0.1, -0.05) is 0 Å². The molecule has 0 aliphatic rings. The van der Waals surface area contributed by atoms with Crippen molar-refractivity contribution in [3.63, 3.8) is 0 Å². The number of hydrogen-bond acceptors (Lipinski definition) is 7. The van der Waals surface area contributed by atoms with Gasteiger partial charge in [0.1, 0.15) is 0 Å². The Morgan fingerprint density at radius 1 is 0.622 bits per heavy atom. The average Bonchev–Trinajstić information content (AvgIpc) is 2.86. The second kappa shape index (κ2) is 17.5. The summed E-state index contributed by atoms with van der Waals surface area (Å²) < 4.78 is 2.22. The number of halogens is 2. The molecule has 0 saturated carbocycles. The quantitative estimate of drug-likeness (QED) is 0.117. The van der Waals surface area contributed by atoms with Crippen molar-refractivity contribution in [2.24, 2.45) is 0 Å². The zero-order chi connectivity index (χ0) is 26.3. The van der Waals surface area contributed by atoms with Crippen LogP contribution in [0, 0.1) is 22.5 Å². The van der Waals surface area contributed by atoms with Gasteiger partial charge in [0.15, 0.2) is 0 Å². The normalized spacial score (nSPS) is 9.14. The van der Waals surface area contributed by atoms with Gasteiger partial charge in [-0.25, -0.2) is 0 Å². The zero-order valence-corrected chi connectivity index (χ0v) is 24.5. The smallest absolute Gasteiger partial charge is 0.356 e. The fourth-order valence-electron chi connectivity index (χ4n) is 2.48. The van der Waals surface area contributed by atoms with Gasteiger partial charge >= 0.3 is 22.4 Å². The molecule has 4 aromatic rings. The van der Waals surface area contributed by atoms with Crippen LogP contribution >= 0.6 is 45.2 Å². The van der Waals surface area contributed by atoms with E-state index in [2.05, 4.69) is 65.8 Å². The summed E-state index contributed by atoms with van der Waals surface area (Å²) >= 11 is 4.41. The van der Waals surface area contributed by atoms with E-state index in [-0.39, 0.29) is 34.2 Å². The van der Waals surface area contributed by atoms with E-state index in [9.17, 15) is 9.59 Å². The number of anilines is 2. The zero-order valence-electron chi connectivity index (χ0n) is 18.7. The molecule has 2 aromatic carbocycles. The van der Waals surface area contributed by atoms with Crippen molar-refractivity contribution in [1.82, 2.24) is 9.97 Å². The minimum Gasteiger partial charge on any atom is -0.356 e. The summed E-state index contributed by atoms with van der Waals surface area (Å²) in [6.45, 7) is 0. The van der Waals surface area contributed by atoms with Crippen molar-refractivity contribution in [3.8, 4) is 0 Å². The van der Waals surface area contributed by atoms with Gasteiger partial charge in [-0.3, -0.25) is 19.6 Å². The van der Waals surface area contributed by atoms with E-state index < -0.39 is 5.09 Å². The third-order valence-corrected chi connectivity index (χ3v) is 5.53. The number of carbonyl (C=O) groups is 2. The van der Waals surface area contributed by atoms with Gasteiger partial charge in [0, 0.05) is 54.4 Å². The maximum Gasteiger partial charge on any atom is 1.00 e. The predicted octanol–water partition coefficient (Wildman–Crippen LogP) is 5.64. The molecule has 2 amide bonds. The molecule has 2 N–H and O–H groups in total. The van der Waals surface area contributed by atoms with E-state index in [0.717, 1.165) is 18.5 Å². The van der Waals surface area contributed by atoms with Crippen LogP contribution in [-0.2, 0) is 22.4 Å². The number of aromatic nitrogens is 2. The van der Waals surface area contributed by atoms with Crippen LogP contribution in [0.2, 0.25) is 0 Å². The molecule has 0 atom stereocenters. The standard InChI is InChI=1S/2C12H9IN2O.Ag.NO3/c2*13-10-3-1-9(2-4-10)12(16)15-11-5-7-14-8-6-11;;2-1(3)4/h2*1-8H,(H,14,15,16);;/q;;+1;-1. The first-order valence-electron chi connectivity index (χ1n) is 10.00. The summed E-state index contributed by atoms with van der Waals surface area (Å²) in [6.07, 6.45) is 6.57. The largest absolute Gasteiger partial charge is 1.00 e. The summed E-state index contributed by atoms with van der Waals surface area (Å²) in [5.74, 6) is -0.217. The summed E-state index contributed by atoms with van der Waals surface area (Å²) in [4.78, 5) is 39.6. The van der Waals surface area contributed by atoms with Crippen molar-refractivity contribution in [1.29, 1.82) is 0 Å². The fraction of sp³-hybridized carbons (Fsp3) is 0. The Morgan fingerprint density at radius 2 is 0.892 bits per heavy atom. The van der Waals surface area contributed by atoms with Crippen LogP contribution < -0.4 is 10.6 Å². The Hall–Kier alpha value is -2.92. The minimum absolute atomic E-state index is 0. The van der Waals surface area contributed by atoms with Crippen molar-refractivity contribution < 1.29 is 37.1 Å². The molecule has 0 unspecified atom stereocenters. The van der Waals surface area contributed by atoms with Gasteiger partial charge in [0.2, 0.25) is 0 Å². The van der Waals surface area contributed by atoms with E-state index in [4.69, 9.17) is 15.3 Å². The SMILES string of the molecule is O=C(Nc1ccncc1)c1ccc(I)cc1.O=C(Nc1ccncc1)c1ccc(I)cc1.O=[N+]([O-])[O-].[Ag+]. The first-order valence-corrected chi connectivity index (χ1v) is 12.2. The number of pyridine rings is 2. The number of nitrogens with zero attached hydrogens (tertiary/aromatic N) is 3. The number of rotatable bonds is 4. The van der Waals surface area contributed by atoms with Crippen LogP contribution in [0.15, 0.2) is 97.6 Å². The Labute approximate surface area is 255 Å². The molecule has 194 valence electrons. The predicted molar refractivity (Wildman–Crippen MR) is 153 cm³/mol. The summed E-state index contributed by atoms with van der Waals surface area (Å²) in [5.41, 5.74) is 2.80. The topological polar surface area (TPSA) is 150 Å². The van der Waals surface area contributed by atoms with Crippen LogP contribution in [0.4, 0.5) is 11.4 Å². The fourth-order valence-corrected chi connectivity index (χ4v) is 3.20. The Kier molecular flexibility index (Phi) is 15.2. The molecule has 2 aromatic heterocycles. The molecule has 0 radical (unpaired) electrons. The molecule has 37 heavy (non-hydrogen) atoms. The molecule has 2 heterocycles. The first-order chi connectivity index (χ1) is 17.2. The summed E-state index contributed by atoms with van der Waals surface area (Å²) in [5, 5.41) is 20.3. The van der Waals surface area contributed by atoms with Crippen molar-refractivity contribution in [2.75, 3.05) is 10.6 Å². The van der Waals surface area contributed by atoms with Crippen molar-refractivity contribution in [3.05, 3.63) is 131 Å². The summed E-state index contributed by atoms with van der Waals surface area (Å²) in [7, 11) is 0. The van der Waals surface area contributed by atoms with Gasteiger partial charge in [-0.15, -0.1) is 0 Å².